The van der Waals surface area contributed by atoms with E-state index in [4.69, 9.17) is 47.0 Å². The summed E-state index contributed by atoms with van der Waals surface area (Å²) in [7, 11) is 0. The first-order chi connectivity index (χ1) is 21.3. The van der Waals surface area contributed by atoms with Gasteiger partial charge in [-0.05, 0) is 52.2 Å². The Balaban J connectivity index is 1.40. The fraction of sp³-hybridized carbons (Fsp3) is 0.111. The Morgan fingerprint density at radius 3 is 1.43 bits per heavy atom. The standard InChI is InChI=1S/C36H30Cl3N3OS/c37-36(38,39)33(41-32(43)25-26-13-5-1-6-14-26)42-34(44)40-31-23-21-30(22-24-31)35(27-15-7-2-8-16-27,28-17-9-3-10-18-28)29-19-11-4-12-20-29/h1-24,33H,25H2,(H,41,43)(H2,40,42,44)/t33-/m1/s1. The first kappa shape index (κ1) is 31.6. The van der Waals surface area contributed by atoms with E-state index >= 15 is 0 Å². The number of nitrogens with one attached hydrogen (secondary N) is 3. The van der Waals surface area contributed by atoms with Crippen LogP contribution in [0.25, 0.3) is 0 Å². The van der Waals surface area contributed by atoms with E-state index in [9.17, 15) is 4.79 Å². The minimum atomic E-state index is -1.86. The summed E-state index contributed by atoms with van der Waals surface area (Å²) in [5.41, 5.74) is 5.52. The summed E-state index contributed by atoms with van der Waals surface area (Å²) in [5, 5.41) is 9.02. The fourth-order valence-corrected chi connectivity index (χ4v) is 5.92. The van der Waals surface area contributed by atoms with Gasteiger partial charge in [-0.2, -0.15) is 0 Å². The van der Waals surface area contributed by atoms with Gasteiger partial charge in [-0.15, -0.1) is 0 Å². The molecule has 0 aliphatic heterocycles. The molecule has 0 fully saturated rings. The number of rotatable bonds is 9. The molecule has 0 heterocycles. The molecule has 3 N–H and O–H groups in total. The molecule has 4 nitrogen and oxygen atoms in total. The summed E-state index contributed by atoms with van der Waals surface area (Å²) in [6.07, 6.45) is -0.933. The Hall–Kier alpha value is -3.87. The molecule has 0 aliphatic carbocycles. The molecule has 44 heavy (non-hydrogen) atoms. The lowest BCUT2D eigenvalue weighted by molar-refractivity contribution is -0.121. The van der Waals surface area contributed by atoms with Crippen LogP contribution in [0.3, 0.4) is 0 Å². The van der Waals surface area contributed by atoms with Crippen LogP contribution < -0.4 is 16.0 Å². The molecule has 0 bridgehead atoms. The molecule has 1 amide bonds. The predicted molar refractivity (Wildman–Crippen MR) is 186 cm³/mol. The second-order valence-electron chi connectivity index (χ2n) is 10.2. The Labute approximate surface area is 278 Å². The molecule has 0 saturated carbocycles. The van der Waals surface area contributed by atoms with Gasteiger partial charge < -0.3 is 16.0 Å². The molecule has 0 spiro atoms. The fourth-order valence-electron chi connectivity index (χ4n) is 5.36. The second kappa shape index (κ2) is 14.3. The van der Waals surface area contributed by atoms with Gasteiger partial charge in [0, 0.05) is 5.69 Å². The average Bonchev–Trinajstić information content (AvgIpc) is 3.03. The van der Waals surface area contributed by atoms with Crippen molar-refractivity contribution >= 4 is 63.7 Å². The zero-order valence-electron chi connectivity index (χ0n) is 23.6. The number of amides is 1. The average molecular weight is 659 g/mol. The number of hydrogen-bond donors (Lipinski definition) is 3. The van der Waals surface area contributed by atoms with E-state index in [1.54, 1.807) is 0 Å². The number of carbonyl (C=O) groups is 1. The monoisotopic (exact) mass is 657 g/mol. The first-order valence-corrected chi connectivity index (χ1v) is 15.6. The Bertz CT molecular complexity index is 1570. The van der Waals surface area contributed by atoms with Crippen LogP contribution in [0, 0.1) is 0 Å². The molecule has 5 rings (SSSR count). The maximum atomic E-state index is 12.7. The van der Waals surface area contributed by atoms with Gasteiger partial charge in [-0.3, -0.25) is 4.79 Å². The molecular weight excluding hydrogens is 629 g/mol. The lowest BCUT2D eigenvalue weighted by Gasteiger charge is -2.37. The van der Waals surface area contributed by atoms with Crippen molar-refractivity contribution in [3.05, 3.63) is 173 Å². The van der Waals surface area contributed by atoms with Crippen molar-refractivity contribution in [3.8, 4) is 0 Å². The molecule has 5 aromatic rings. The van der Waals surface area contributed by atoms with Gasteiger partial charge in [0.15, 0.2) is 5.11 Å². The minimum absolute atomic E-state index is 0.132. The summed E-state index contributed by atoms with van der Waals surface area (Å²) >= 11 is 24.2. The van der Waals surface area contributed by atoms with Gasteiger partial charge in [0.2, 0.25) is 9.70 Å². The highest BCUT2D eigenvalue weighted by atomic mass is 35.6. The highest BCUT2D eigenvalue weighted by Gasteiger charge is 2.38. The van der Waals surface area contributed by atoms with Crippen molar-refractivity contribution in [1.82, 2.24) is 10.6 Å². The largest absolute Gasteiger partial charge is 0.339 e. The topological polar surface area (TPSA) is 53.2 Å². The molecule has 0 radical (unpaired) electrons. The molecule has 1 atom stereocenters. The third-order valence-corrected chi connectivity index (χ3v) is 8.19. The Kier molecular flexibility index (Phi) is 10.2. The maximum Gasteiger partial charge on any atom is 0.228 e. The quantitative estimate of drug-likeness (QED) is 0.0645. The highest BCUT2D eigenvalue weighted by Crippen LogP contribution is 2.45. The normalized spacial score (nSPS) is 12.2. The zero-order valence-corrected chi connectivity index (χ0v) is 26.7. The molecule has 8 heteroatoms. The van der Waals surface area contributed by atoms with Crippen LogP contribution in [0.4, 0.5) is 5.69 Å². The van der Waals surface area contributed by atoms with Crippen molar-refractivity contribution in [3.63, 3.8) is 0 Å². The van der Waals surface area contributed by atoms with Crippen molar-refractivity contribution in [2.24, 2.45) is 0 Å². The second-order valence-corrected chi connectivity index (χ2v) is 13.0. The van der Waals surface area contributed by atoms with Gasteiger partial charge in [0.25, 0.3) is 0 Å². The van der Waals surface area contributed by atoms with Crippen LogP contribution in [0.1, 0.15) is 27.8 Å². The van der Waals surface area contributed by atoms with E-state index in [0.717, 1.165) is 33.5 Å². The lowest BCUT2D eigenvalue weighted by atomic mass is 9.65. The van der Waals surface area contributed by atoms with E-state index in [1.807, 2.05) is 60.7 Å². The Morgan fingerprint density at radius 2 is 1.00 bits per heavy atom. The molecular formula is C36H30Cl3N3OS. The number of thiocarbonyl (C=S) groups is 1. The summed E-state index contributed by atoms with van der Waals surface area (Å²) < 4.78 is -1.86. The summed E-state index contributed by atoms with van der Waals surface area (Å²) in [4.78, 5) is 12.7. The zero-order chi connectivity index (χ0) is 31.0. The molecule has 5 aromatic carbocycles. The SMILES string of the molecule is O=C(Cc1ccccc1)N[C@H](NC(=S)Nc1ccc(C(c2ccccc2)(c2ccccc2)c2ccccc2)cc1)C(Cl)(Cl)Cl. The summed E-state index contributed by atoms with van der Waals surface area (Å²) in [6, 6.07) is 48.9. The minimum Gasteiger partial charge on any atom is -0.339 e. The summed E-state index contributed by atoms with van der Waals surface area (Å²) in [6.45, 7) is 0. The van der Waals surface area contributed by atoms with Gasteiger partial charge in [0.1, 0.15) is 6.17 Å². The van der Waals surface area contributed by atoms with E-state index < -0.39 is 15.4 Å². The van der Waals surface area contributed by atoms with Crippen LogP contribution in [0.15, 0.2) is 146 Å². The number of carbonyl (C=O) groups excluding carboxylic acids is 1. The van der Waals surface area contributed by atoms with Gasteiger partial charge in [-0.25, -0.2) is 0 Å². The molecule has 0 aliphatic rings. The number of hydrogen-bond acceptors (Lipinski definition) is 2. The van der Waals surface area contributed by atoms with Crippen LogP contribution in [0.5, 0.6) is 0 Å². The van der Waals surface area contributed by atoms with E-state index in [-0.39, 0.29) is 17.4 Å². The van der Waals surface area contributed by atoms with Crippen LogP contribution >= 0.6 is 47.0 Å². The Morgan fingerprint density at radius 1 is 0.591 bits per heavy atom. The first-order valence-electron chi connectivity index (χ1n) is 14.0. The molecule has 222 valence electrons. The van der Waals surface area contributed by atoms with Crippen LogP contribution in [-0.4, -0.2) is 21.0 Å². The van der Waals surface area contributed by atoms with Crippen LogP contribution in [-0.2, 0) is 16.6 Å². The van der Waals surface area contributed by atoms with Crippen molar-refractivity contribution in [1.29, 1.82) is 0 Å². The lowest BCUT2D eigenvalue weighted by Crippen LogP contribution is -2.56. The number of halogens is 3. The predicted octanol–water partition coefficient (Wildman–Crippen LogP) is 8.41. The number of benzene rings is 5. The van der Waals surface area contributed by atoms with Crippen LogP contribution in [0.2, 0.25) is 0 Å². The molecule has 0 aromatic heterocycles. The van der Waals surface area contributed by atoms with Crippen molar-refractivity contribution in [2.45, 2.75) is 21.8 Å². The van der Waals surface area contributed by atoms with Gasteiger partial charge in [0.05, 0.1) is 11.8 Å². The van der Waals surface area contributed by atoms with Crippen molar-refractivity contribution in [2.75, 3.05) is 5.32 Å². The van der Waals surface area contributed by atoms with Gasteiger partial charge in [-0.1, -0.05) is 168 Å². The third kappa shape index (κ3) is 7.43. The third-order valence-electron chi connectivity index (χ3n) is 7.31. The number of alkyl halides is 3. The molecule has 0 unspecified atom stereocenters. The summed E-state index contributed by atoms with van der Waals surface area (Å²) in [5.74, 6) is -0.314. The smallest absolute Gasteiger partial charge is 0.228 e. The highest BCUT2D eigenvalue weighted by molar-refractivity contribution is 7.80. The van der Waals surface area contributed by atoms with Crippen molar-refractivity contribution < 1.29 is 4.79 Å². The van der Waals surface area contributed by atoms with E-state index in [2.05, 4.69) is 101 Å². The van der Waals surface area contributed by atoms with E-state index in [1.165, 1.54) is 0 Å². The maximum absolute atomic E-state index is 12.7. The number of anilines is 1. The molecule has 0 saturated heterocycles. The van der Waals surface area contributed by atoms with Gasteiger partial charge >= 0.3 is 0 Å². The van der Waals surface area contributed by atoms with E-state index in [0.29, 0.717) is 0 Å².